The number of hydrogen-bond donors (Lipinski definition) is 4. The molecule has 0 fully saturated rings. The van der Waals surface area contributed by atoms with Crippen LogP contribution in [0.5, 0.6) is 0 Å². The number of unbranched alkanes of at least 4 members (excludes halogenated alkanes) is 14. The van der Waals surface area contributed by atoms with Gasteiger partial charge in [-0.05, 0) is 12.8 Å². The van der Waals surface area contributed by atoms with Gasteiger partial charge in [-0.25, -0.2) is 5.01 Å². The van der Waals surface area contributed by atoms with Gasteiger partial charge in [0.1, 0.15) is 0 Å². The second-order valence-corrected chi connectivity index (χ2v) is 7.07. The molecule has 0 aliphatic heterocycles. The van der Waals surface area contributed by atoms with Crippen LogP contribution in [-0.4, -0.2) is 18.1 Å². The summed E-state index contributed by atoms with van der Waals surface area (Å²) in [5, 5.41) is 2.20. The first-order valence-corrected chi connectivity index (χ1v) is 10.9. The van der Waals surface area contributed by atoms with E-state index in [1.807, 2.05) is 0 Å². The lowest BCUT2D eigenvalue weighted by molar-refractivity contribution is 0.181. The fourth-order valence-corrected chi connectivity index (χ4v) is 3.11. The van der Waals surface area contributed by atoms with Crippen LogP contribution in [0.15, 0.2) is 0 Å². The molecule has 0 atom stereocenters. The van der Waals surface area contributed by atoms with Crippen molar-refractivity contribution in [2.75, 3.05) is 13.1 Å². The Bertz CT molecular complexity index is 194. The molecule has 0 radical (unpaired) electrons. The van der Waals surface area contributed by atoms with Crippen LogP contribution in [0.2, 0.25) is 0 Å². The fraction of sp³-hybridized carbons (Fsp3) is 1.00. The first kappa shape index (κ1) is 27.0. The van der Waals surface area contributed by atoms with Crippen molar-refractivity contribution in [1.29, 1.82) is 0 Å². The minimum Gasteiger partial charge on any atom is -0.274 e. The molecule has 0 saturated carbocycles. The molecule has 0 unspecified atom stereocenters. The van der Waals surface area contributed by atoms with Crippen molar-refractivity contribution in [1.82, 2.24) is 10.5 Å². The summed E-state index contributed by atoms with van der Waals surface area (Å²) in [4.78, 5) is 0. The number of hydrazine groups is 3. The topological polar surface area (TPSA) is 93.3 Å². The molecule has 0 aromatic heterocycles. The molecule has 0 aromatic rings. The van der Waals surface area contributed by atoms with Gasteiger partial charge in [-0.2, -0.15) is 5.53 Å². The Morgan fingerprint density at radius 1 is 0.520 bits per heavy atom. The van der Waals surface area contributed by atoms with Gasteiger partial charge < -0.3 is 0 Å². The van der Waals surface area contributed by atoms with Crippen molar-refractivity contribution < 1.29 is 0 Å². The monoisotopic (exact) mass is 359 g/mol. The second kappa shape index (κ2) is 26.0. The highest BCUT2D eigenvalue weighted by Gasteiger charge is 2.02. The van der Waals surface area contributed by atoms with E-state index in [1.54, 1.807) is 0 Å². The molecule has 25 heavy (non-hydrogen) atoms. The standard InChI is InChI=1S/C20H45N3.H4N2/c1-3-5-7-9-11-13-15-17-19-23(22-21)20-18-16-14-12-10-8-6-4-2;1-2/h22H,3-21H2,1-2H3;1-2H2. The van der Waals surface area contributed by atoms with Crippen LogP contribution in [0, 0.1) is 0 Å². The summed E-state index contributed by atoms with van der Waals surface area (Å²) in [5.74, 6) is 13.6. The lowest BCUT2D eigenvalue weighted by Crippen LogP contribution is -2.44. The summed E-state index contributed by atoms with van der Waals surface area (Å²) in [5.41, 5.74) is 2.87. The van der Waals surface area contributed by atoms with E-state index < -0.39 is 0 Å². The van der Waals surface area contributed by atoms with Gasteiger partial charge in [-0.15, -0.1) is 0 Å². The Balaban J connectivity index is 0. The van der Waals surface area contributed by atoms with Gasteiger partial charge in [-0.3, -0.25) is 17.5 Å². The number of nitrogens with two attached hydrogens (primary N) is 3. The lowest BCUT2D eigenvalue weighted by atomic mass is 10.1. The van der Waals surface area contributed by atoms with Gasteiger partial charge in [-0.1, -0.05) is 104 Å². The van der Waals surface area contributed by atoms with Crippen molar-refractivity contribution in [3.05, 3.63) is 0 Å². The molecule has 5 nitrogen and oxygen atoms in total. The average molecular weight is 360 g/mol. The Labute approximate surface area is 158 Å². The van der Waals surface area contributed by atoms with Crippen LogP contribution in [0.1, 0.15) is 117 Å². The first-order valence-electron chi connectivity index (χ1n) is 10.9. The van der Waals surface area contributed by atoms with Crippen molar-refractivity contribution in [3.8, 4) is 0 Å². The Hall–Kier alpha value is -0.200. The van der Waals surface area contributed by atoms with Gasteiger partial charge in [0, 0.05) is 13.1 Å². The molecule has 0 aliphatic rings. The lowest BCUT2D eigenvalue weighted by Gasteiger charge is -2.20. The third-order valence-electron chi connectivity index (χ3n) is 4.75. The van der Waals surface area contributed by atoms with E-state index in [1.165, 1.54) is 103 Å². The number of nitrogens with zero attached hydrogens (tertiary/aromatic N) is 1. The van der Waals surface area contributed by atoms with E-state index in [0.717, 1.165) is 13.1 Å². The van der Waals surface area contributed by atoms with Crippen LogP contribution in [0.25, 0.3) is 0 Å². The summed E-state index contributed by atoms with van der Waals surface area (Å²) in [6.45, 7) is 6.76. The number of nitrogens with one attached hydrogen (secondary N) is 1. The fourth-order valence-electron chi connectivity index (χ4n) is 3.11. The van der Waals surface area contributed by atoms with Crippen molar-refractivity contribution in [2.45, 2.75) is 117 Å². The zero-order valence-corrected chi connectivity index (χ0v) is 17.4. The summed E-state index contributed by atoms with van der Waals surface area (Å²) >= 11 is 0. The van der Waals surface area contributed by atoms with Crippen molar-refractivity contribution >= 4 is 0 Å². The van der Waals surface area contributed by atoms with E-state index in [2.05, 4.69) is 36.1 Å². The smallest absolute Gasteiger partial charge is 0.0144 e. The summed E-state index contributed by atoms with van der Waals surface area (Å²) < 4.78 is 0. The molecule has 5 heteroatoms. The van der Waals surface area contributed by atoms with Gasteiger partial charge >= 0.3 is 0 Å². The van der Waals surface area contributed by atoms with E-state index >= 15 is 0 Å². The molecule has 7 N–H and O–H groups in total. The molecule has 0 amide bonds. The second-order valence-electron chi connectivity index (χ2n) is 7.07. The maximum absolute atomic E-state index is 5.64. The van der Waals surface area contributed by atoms with Gasteiger partial charge in [0.05, 0.1) is 0 Å². The minimum absolute atomic E-state index is 1.10. The predicted molar refractivity (Wildman–Crippen MR) is 112 cm³/mol. The minimum atomic E-state index is 1.10. The van der Waals surface area contributed by atoms with Crippen LogP contribution in [0.3, 0.4) is 0 Å². The first-order chi connectivity index (χ1) is 12.3. The largest absolute Gasteiger partial charge is 0.274 e. The van der Waals surface area contributed by atoms with E-state index in [4.69, 9.17) is 5.84 Å². The molecular weight excluding hydrogens is 310 g/mol. The zero-order chi connectivity index (χ0) is 19.0. The predicted octanol–water partition coefficient (Wildman–Crippen LogP) is 4.77. The molecule has 0 bridgehead atoms. The maximum Gasteiger partial charge on any atom is 0.0144 e. The van der Waals surface area contributed by atoms with Crippen LogP contribution in [-0.2, 0) is 0 Å². The van der Waals surface area contributed by atoms with E-state index in [-0.39, 0.29) is 0 Å². The van der Waals surface area contributed by atoms with Crippen LogP contribution < -0.4 is 23.1 Å². The normalized spacial score (nSPS) is 10.8. The van der Waals surface area contributed by atoms with E-state index in [9.17, 15) is 0 Å². The summed E-state index contributed by atoms with van der Waals surface area (Å²) in [6.07, 6.45) is 22.0. The Morgan fingerprint density at radius 2 is 0.800 bits per heavy atom. The SMILES string of the molecule is CCCCCCCCCCN(CCCCCCCCCC)NN.NN. The van der Waals surface area contributed by atoms with Crippen LogP contribution in [0.4, 0.5) is 0 Å². The highest BCUT2D eigenvalue weighted by molar-refractivity contribution is 4.54. The molecule has 0 rings (SSSR count). The molecule has 154 valence electrons. The van der Waals surface area contributed by atoms with Crippen molar-refractivity contribution in [3.63, 3.8) is 0 Å². The highest BCUT2D eigenvalue weighted by Crippen LogP contribution is 2.10. The van der Waals surface area contributed by atoms with Gasteiger partial charge in [0.15, 0.2) is 0 Å². The van der Waals surface area contributed by atoms with Gasteiger partial charge in [0.2, 0.25) is 0 Å². The summed E-state index contributed by atoms with van der Waals surface area (Å²) in [6, 6.07) is 0. The molecule has 0 heterocycles. The molecule has 0 aliphatic carbocycles. The molecule has 0 saturated heterocycles. The highest BCUT2D eigenvalue weighted by atomic mass is 15.6. The van der Waals surface area contributed by atoms with Crippen LogP contribution >= 0.6 is 0 Å². The van der Waals surface area contributed by atoms with Gasteiger partial charge in [0.25, 0.3) is 0 Å². The molecular formula is C20H49N5. The molecule has 0 spiro atoms. The third-order valence-corrected chi connectivity index (χ3v) is 4.75. The van der Waals surface area contributed by atoms with Crippen molar-refractivity contribution in [2.24, 2.45) is 17.5 Å². The third kappa shape index (κ3) is 23.8. The quantitative estimate of drug-likeness (QED) is 0.151. The Morgan fingerprint density at radius 3 is 1.08 bits per heavy atom. The number of rotatable bonds is 19. The Kier molecular flexibility index (Phi) is 28.1. The molecule has 0 aromatic carbocycles. The maximum atomic E-state index is 5.64. The average Bonchev–Trinajstić information content (AvgIpc) is 2.66. The summed E-state index contributed by atoms with van der Waals surface area (Å²) in [7, 11) is 0. The van der Waals surface area contributed by atoms with E-state index in [0.29, 0.717) is 0 Å². The number of hydrogen-bond acceptors (Lipinski definition) is 5. The zero-order valence-electron chi connectivity index (χ0n) is 17.4.